The molecule has 0 aromatic carbocycles. The summed E-state index contributed by atoms with van der Waals surface area (Å²) >= 11 is 0. The topological polar surface area (TPSA) is 69.6 Å². The molecule has 0 aliphatic heterocycles. The van der Waals surface area contributed by atoms with Crippen LogP contribution in [0.1, 0.15) is 11.3 Å². The molecule has 2 rings (SSSR count). The van der Waals surface area contributed by atoms with E-state index in [0.29, 0.717) is 6.54 Å². The number of nitrogens with two attached hydrogens (primary N) is 1. The van der Waals surface area contributed by atoms with Crippen molar-refractivity contribution in [2.75, 3.05) is 6.54 Å². The van der Waals surface area contributed by atoms with Crippen LogP contribution in [0.5, 0.6) is 0 Å². The van der Waals surface area contributed by atoms with Crippen LogP contribution < -0.4 is 5.73 Å². The summed E-state index contributed by atoms with van der Waals surface area (Å²) in [5.74, 6) is 0. The molecule has 0 saturated carbocycles. The second-order valence-corrected chi connectivity index (χ2v) is 3.62. The molecule has 0 saturated heterocycles. The van der Waals surface area contributed by atoms with Crippen LogP contribution >= 0.6 is 0 Å². The number of aromatic nitrogens is 4. The van der Waals surface area contributed by atoms with Crippen molar-refractivity contribution >= 4 is 0 Å². The molecule has 5 nitrogen and oxygen atoms in total. The lowest BCUT2D eigenvalue weighted by atomic mass is 10.2. The second kappa shape index (κ2) is 5.37. The van der Waals surface area contributed by atoms with E-state index in [1.807, 2.05) is 23.1 Å². The van der Waals surface area contributed by atoms with Crippen LogP contribution in [0.3, 0.4) is 0 Å². The quantitative estimate of drug-likeness (QED) is 0.788. The van der Waals surface area contributed by atoms with Gasteiger partial charge in [-0.25, -0.2) is 0 Å². The summed E-state index contributed by atoms with van der Waals surface area (Å²) in [5.41, 5.74) is 7.61. The van der Waals surface area contributed by atoms with Crippen LogP contribution in [-0.4, -0.2) is 26.5 Å². The molecule has 0 aliphatic rings. The Morgan fingerprint density at radius 2 is 2.25 bits per heavy atom. The lowest BCUT2D eigenvalue weighted by molar-refractivity contribution is 0.588. The maximum Gasteiger partial charge on any atom is 0.0839 e. The molecular formula is C11H15N5. The Hall–Kier alpha value is -1.75. The van der Waals surface area contributed by atoms with Gasteiger partial charge in [0.05, 0.1) is 5.69 Å². The van der Waals surface area contributed by atoms with E-state index in [1.54, 1.807) is 6.20 Å². The average molecular weight is 217 g/mol. The third-order valence-corrected chi connectivity index (χ3v) is 2.34. The van der Waals surface area contributed by atoms with Gasteiger partial charge < -0.3 is 5.73 Å². The van der Waals surface area contributed by atoms with Crippen molar-refractivity contribution < 1.29 is 0 Å². The molecule has 0 spiro atoms. The standard InChI is InChI=1S/C11H15N5/c12-5-3-11-9-16(15-14-11)7-4-10-2-1-6-13-8-10/h1-2,6,8-9H,3-5,7,12H2. The van der Waals surface area contributed by atoms with Gasteiger partial charge in [-0.15, -0.1) is 5.10 Å². The highest BCUT2D eigenvalue weighted by Gasteiger charge is 1.99. The highest BCUT2D eigenvalue weighted by Crippen LogP contribution is 2.00. The predicted molar refractivity (Wildman–Crippen MR) is 60.7 cm³/mol. The minimum absolute atomic E-state index is 0.612. The first kappa shape index (κ1) is 10.8. The zero-order valence-corrected chi connectivity index (χ0v) is 9.08. The third-order valence-electron chi connectivity index (χ3n) is 2.34. The second-order valence-electron chi connectivity index (χ2n) is 3.62. The summed E-state index contributed by atoms with van der Waals surface area (Å²) in [6.07, 6.45) is 7.30. The molecule has 0 unspecified atom stereocenters. The van der Waals surface area contributed by atoms with Gasteiger partial charge in [0.1, 0.15) is 0 Å². The molecule has 0 bridgehead atoms. The van der Waals surface area contributed by atoms with Gasteiger partial charge in [-0.1, -0.05) is 11.3 Å². The summed E-state index contributed by atoms with van der Waals surface area (Å²) in [6.45, 7) is 1.44. The van der Waals surface area contributed by atoms with Crippen molar-refractivity contribution in [3.05, 3.63) is 42.0 Å². The fourth-order valence-electron chi connectivity index (χ4n) is 1.50. The molecule has 16 heavy (non-hydrogen) atoms. The highest BCUT2D eigenvalue weighted by atomic mass is 15.4. The van der Waals surface area contributed by atoms with Crippen LogP contribution in [0.2, 0.25) is 0 Å². The van der Waals surface area contributed by atoms with Crippen LogP contribution in [0, 0.1) is 0 Å². The van der Waals surface area contributed by atoms with Crippen LogP contribution in [0.15, 0.2) is 30.7 Å². The first-order valence-electron chi connectivity index (χ1n) is 5.36. The molecule has 0 amide bonds. The molecule has 2 aromatic heterocycles. The largest absolute Gasteiger partial charge is 0.330 e. The lowest BCUT2D eigenvalue weighted by Crippen LogP contribution is -2.03. The van der Waals surface area contributed by atoms with E-state index >= 15 is 0 Å². The molecule has 2 aromatic rings. The van der Waals surface area contributed by atoms with Gasteiger partial charge in [0.2, 0.25) is 0 Å². The fourth-order valence-corrected chi connectivity index (χ4v) is 1.50. The summed E-state index contributed by atoms with van der Waals surface area (Å²) in [5, 5.41) is 8.08. The predicted octanol–water partition coefficient (Wildman–Crippen LogP) is 0.417. The summed E-state index contributed by atoms with van der Waals surface area (Å²) in [7, 11) is 0. The van der Waals surface area contributed by atoms with Crippen molar-refractivity contribution in [3.8, 4) is 0 Å². The van der Waals surface area contributed by atoms with E-state index in [1.165, 1.54) is 5.56 Å². The average Bonchev–Trinajstić information content (AvgIpc) is 2.76. The Kier molecular flexibility index (Phi) is 3.61. The maximum atomic E-state index is 5.45. The molecule has 0 aliphatic carbocycles. The third kappa shape index (κ3) is 2.87. The molecular weight excluding hydrogens is 202 g/mol. The zero-order chi connectivity index (χ0) is 11.2. The molecule has 5 heteroatoms. The number of pyridine rings is 1. The Balaban J connectivity index is 1.89. The van der Waals surface area contributed by atoms with Gasteiger partial charge in [-0.05, 0) is 24.6 Å². The number of rotatable bonds is 5. The van der Waals surface area contributed by atoms with Crippen molar-refractivity contribution in [2.45, 2.75) is 19.4 Å². The minimum atomic E-state index is 0.612. The smallest absolute Gasteiger partial charge is 0.0839 e. The van der Waals surface area contributed by atoms with Crippen LogP contribution in [-0.2, 0) is 19.4 Å². The Morgan fingerprint density at radius 3 is 3.00 bits per heavy atom. The van der Waals surface area contributed by atoms with Crippen molar-refractivity contribution in [2.24, 2.45) is 5.73 Å². The molecule has 0 atom stereocenters. The van der Waals surface area contributed by atoms with Crippen molar-refractivity contribution in [3.63, 3.8) is 0 Å². The van der Waals surface area contributed by atoms with Gasteiger partial charge in [0.15, 0.2) is 0 Å². The number of hydrogen-bond donors (Lipinski definition) is 1. The highest BCUT2D eigenvalue weighted by molar-refractivity contribution is 5.08. The van der Waals surface area contributed by atoms with E-state index in [4.69, 9.17) is 5.73 Å². The van der Waals surface area contributed by atoms with Crippen molar-refractivity contribution in [1.29, 1.82) is 0 Å². The molecule has 2 heterocycles. The van der Waals surface area contributed by atoms with E-state index in [-0.39, 0.29) is 0 Å². The molecule has 0 fully saturated rings. The first-order chi connectivity index (χ1) is 7.88. The lowest BCUT2D eigenvalue weighted by Gasteiger charge is -1.99. The van der Waals surface area contributed by atoms with Gasteiger partial charge in [0, 0.05) is 31.6 Å². The van der Waals surface area contributed by atoms with Crippen molar-refractivity contribution in [1.82, 2.24) is 20.0 Å². The summed E-state index contributed by atoms with van der Waals surface area (Å²) in [4.78, 5) is 4.07. The maximum absolute atomic E-state index is 5.45. The normalized spacial score (nSPS) is 10.6. The number of hydrogen-bond acceptors (Lipinski definition) is 4. The zero-order valence-electron chi connectivity index (χ0n) is 9.08. The molecule has 84 valence electrons. The number of aryl methyl sites for hydroxylation is 2. The van der Waals surface area contributed by atoms with E-state index in [9.17, 15) is 0 Å². The van der Waals surface area contributed by atoms with E-state index in [2.05, 4.69) is 21.4 Å². The Labute approximate surface area is 94.3 Å². The Morgan fingerprint density at radius 1 is 1.31 bits per heavy atom. The van der Waals surface area contributed by atoms with Gasteiger partial charge in [-0.2, -0.15) is 0 Å². The van der Waals surface area contributed by atoms with Gasteiger partial charge in [-0.3, -0.25) is 9.67 Å². The number of nitrogens with zero attached hydrogens (tertiary/aromatic N) is 4. The van der Waals surface area contributed by atoms with Gasteiger partial charge in [0.25, 0.3) is 0 Å². The first-order valence-corrected chi connectivity index (χ1v) is 5.36. The Bertz CT molecular complexity index is 423. The van der Waals surface area contributed by atoms with Crippen LogP contribution in [0.25, 0.3) is 0 Å². The van der Waals surface area contributed by atoms with Crippen LogP contribution in [0.4, 0.5) is 0 Å². The fraction of sp³-hybridized carbons (Fsp3) is 0.364. The summed E-state index contributed by atoms with van der Waals surface area (Å²) in [6, 6.07) is 4.00. The van der Waals surface area contributed by atoms with Gasteiger partial charge >= 0.3 is 0 Å². The molecule has 2 N–H and O–H groups in total. The molecule has 0 radical (unpaired) electrons. The summed E-state index contributed by atoms with van der Waals surface area (Å²) < 4.78 is 1.85. The SMILES string of the molecule is NCCc1cn(CCc2cccnc2)nn1. The minimum Gasteiger partial charge on any atom is -0.330 e. The van der Waals surface area contributed by atoms with E-state index in [0.717, 1.165) is 25.1 Å². The monoisotopic (exact) mass is 217 g/mol. The van der Waals surface area contributed by atoms with E-state index < -0.39 is 0 Å².